The molecule has 0 unspecified atom stereocenters. The normalized spacial score (nSPS) is 10.8. The number of aromatic nitrogens is 1. The monoisotopic (exact) mass is 285 g/mol. The number of rotatable bonds is 2. The molecule has 3 nitrogen and oxygen atoms in total. The lowest BCUT2D eigenvalue weighted by Gasteiger charge is -2.01. The Bertz CT molecular complexity index is 585. The number of nitrogens with zero attached hydrogens (tertiary/aromatic N) is 1. The number of benzene rings is 1. The first-order valence-electron chi connectivity index (χ1n) is 4.37. The van der Waals surface area contributed by atoms with Crippen molar-refractivity contribution in [2.75, 3.05) is 0 Å². The summed E-state index contributed by atoms with van der Waals surface area (Å²) in [6.07, 6.45) is 0. The topological polar surface area (TPSA) is 39.1 Å². The highest BCUT2D eigenvalue weighted by Crippen LogP contribution is 2.25. The van der Waals surface area contributed by atoms with E-state index in [-0.39, 0.29) is 17.2 Å². The molecule has 0 radical (unpaired) electrons. The predicted octanol–water partition coefficient (Wildman–Crippen LogP) is 2.41. The van der Waals surface area contributed by atoms with Gasteiger partial charge in [0.1, 0.15) is 5.78 Å². The number of carbonyl (C=O) groups is 1. The van der Waals surface area contributed by atoms with Crippen molar-refractivity contribution >= 4 is 43.3 Å². The second kappa shape index (κ2) is 3.90. The van der Waals surface area contributed by atoms with Crippen LogP contribution in [0.1, 0.15) is 6.92 Å². The van der Waals surface area contributed by atoms with Gasteiger partial charge in [0, 0.05) is 4.47 Å². The van der Waals surface area contributed by atoms with Gasteiger partial charge in [-0.15, -0.1) is 0 Å². The molecule has 0 bridgehead atoms. The lowest BCUT2D eigenvalue weighted by atomic mass is 10.3. The molecule has 0 saturated carbocycles. The molecular weight excluding hydrogens is 278 g/mol. The number of carbonyl (C=O) groups excluding carboxylic acids is 1. The maximum absolute atomic E-state index is 11.6. The fourth-order valence-electron chi connectivity index (χ4n) is 1.45. The van der Waals surface area contributed by atoms with Gasteiger partial charge in [0.25, 0.3) is 0 Å². The van der Waals surface area contributed by atoms with Crippen LogP contribution in [0.2, 0.25) is 0 Å². The van der Waals surface area contributed by atoms with Crippen molar-refractivity contribution in [1.82, 2.24) is 4.57 Å². The average Bonchev–Trinajstić information content (AvgIpc) is 2.43. The predicted molar refractivity (Wildman–Crippen MR) is 64.5 cm³/mol. The highest BCUT2D eigenvalue weighted by atomic mass is 79.9. The number of Topliss-reactive ketones (excluding diaryl/α,β-unsaturated/α-hetero) is 1. The van der Waals surface area contributed by atoms with Crippen molar-refractivity contribution in [1.29, 1.82) is 0 Å². The molecule has 0 N–H and O–H groups in total. The number of halogens is 1. The summed E-state index contributed by atoms with van der Waals surface area (Å²) in [6, 6.07) is 5.62. The minimum Gasteiger partial charge on any atom is -0.298 e. The summed E-state index contributed by atoms with van der Waals surface area (Å²) in [4.78, 5) is 22.6. The molecule has 2 rings (SSSR count). The Morgan fingerprint density at radius 1 is 1.53 bits per heavy atom. The molecule has 1 aromatic heterocycles. The third-order valence-corrected chi connectivity index (χ3v) is 3.60. The zero-order valence-corrected chi connectivity index (χ0v) is 10.4. The van der Waals surface area contributed by atoms with Crippen LogP contribution in [0.25, 0.3) is 10.2 Å². The van der Waals surface area contributed by atoms with E-state index in [1.54, 1.807) is 0 Å². The van der Waals surface area contributed by atoms with E-state index in [0.29, 0.717) is 0 Å². The Balaban J connectivity index is 2.76. The minimum atomic E-state index is -0.0906. The van der Waals surface area contributed by atoms with Gasteiger partial charge in [-0.2, -0.15) is 0 Å². The SMILES string of the molecule is CC(=O)Cn1c(=O)sc2cccc(Br)c21. The van der Waals surface area contributed by atoms with Gasteiger partial charge >= 0.3 is 4.87 Å². The molecule has 0 atom stereocenters. The Kier molecular flexibility index (Phi) is 2.75. The van der Waals surface area contributed by atoms with Crippen LogP contribution < -0.4 is 4.87 Å². The molecule has 0 saturated heterocycles. The zero-order valence-electron chi connectivity index (χ0n) is 7.99. The van der Waals surface area contributed by atoms with E-state index < -0.39 is 0 Å². The van der Waals surface area contributed by atoms with Crippen LogP contribution in [0.5, 0.6) is 0 Å². The molecule has 0 spiro atoms. The quantitative estimate of drug-likeness (QED) is 0.850. The van der Waals surface area contributed by atoms with Crippen molar-refractivity contribution in [3.8, 4) is 0 Å². The summed E-state index contributed by atoms with van der Waals surface area (Å²) in [5, 5.41) is 0. The van der Waals surface area contributed by atoms with E-state index in [1.807, 2.05) is 18.2 Å². The van der Waals surface area contributed by atoms with Crippen LogP contribution in [0.4, 0.5) is 0 Å². The van der Waals surface area contributed by atoms with Crippen molar-refractivity contribution < 1.29 is 4.79 Å². The third-order valence-electron chi connectivity index (χ3n) is 2.02. The molecule has 2 aromatic rings. The molecule has 0 amide bonds. The first-order chi connectivity index (χ1) is 7.09. The van der Waals surface area contributed by atoms with Gasteiger partial charge < -0.3 is 0 Å². The van der Waals surface area contributed by atoms with Crippen LogP contribution in [0.3, 0.4) is 0 Å². The van der Waals surface area contributed by atoms with E-state index in [4.69, 9.17) is 0 Å². The first-order valence-corrected chi connectivity index (χ1v) is 5.98. The summed E-state index contributed by atoms with van der Waals surface area (Å²) in [7, 11) is 0. The van der Waals surface area contributed by atoms with Crippen molar-refractivity contribution in [2.24, 2.45) is 0 Å². The second-order valence-corrected chi connectivity index (χ2v) is 5.09. The van der Waals surface area contributed by atoms with Crippen LogP contribution in [-0.4, -0.2) is 10.4 Å². The van der Waals surface area contributed by atoms with Gasteiger partial charge in [0.2, 0.25) is 0 Å². The van der Waals surface area contributed by atoms with Gasteiger partial charge in [-0.25, -0.2) is 0 Å². The van der Waals surface area contributed by atoms with Crippen LogP contribution in [0, 0.1) is 0 Å². The van der Waals surface area contributed by atoms with Crippen molar-refractivity contribution in [3.05, 3.63) is 32.3 Å². The van der Waals surface area contributed by atoms with Crippen LogP contribution in [0.15, 0.2) is 27.5 Å². The van der Waals surface area contributed by atoms with Crippen molar-refractivity contribution in [3.63, 3.8) is 0 Å². The molecule has 1 heterocycles. The smallest absolute Gasteiger partial charge is 0.298 e. The molecule has 0 aliphatic heterocycles. The molecule has 78 valence electrons. The standard InChI is InChI=1S/C10H8BrNO2S/c1-6(13)5-12-9-7(11)3-2-4-8(9)15-10(12)14/h2-4H,5H2,1H3. The summed E-state index contributed by atoms with van der Waals surface area (Å²) in [5.74, 6) is -0.0208. The Morgan fingerprint density at radius 3 is 2.93 bits per heavy atom. The summed E-state index contributed by atoms with van der Waals surface area (Å²) in [6.45, 7) is 1.62. The molecular formula is C10H8BrNO2S. The number of para-hydroxylation sites is 1. The number of hydrogen-bond donors (Lipinski definition) is 0. The molecule has 0 fully saturated rings. The fourth-order valence-corrected chi connectivity index (χ4v) is 3.08. The van der Waals surface area contributed by atoms with Gasteiger partial charge in [-0.3, -0.25) is 14.2 Å². The highest BCUT2D eigenvalue weighted by molar-refractivity contribution is 9.10. The largest absolute Gasteiger partial charge is 0.308 e. The average molecular weight is 286 g/mol. The second-order valence-electron chi connectivity index (χ2n) is 3.24. The van der Waals surface area contributed by atoms with E-state index >= 15 is 0 Å². The molecule has 5 heteroatoms. The summed E-state index contributed by atoms with van der Waals surface area (Å²) in [5.41, 5.74) is 0.808. The zero-order chi connectivity index (χ0) is 11.0. The summed E-state index contributed by atoms with van der Waals surface area (Å²) >= 11 is 4.55. The van der Waals surface area contributed by atoms with E-state index in [0.717, 1.165) is 26.0 Å². The number of thiazole rings is 1. The summed E-state index contributed by atoms with van der Waals surface area (Å²) < 4.78 is 3.25. The highest BCUT2D eigenvalue weighted by Gasteiger charge is 2.11. The van der Waals surface area contributed by atoms with E-state index in [9.17, 15) is 9.59 Å². The van der Waals surface area contributed by atoms with Crippen molar-refractivity contribution in [2.45, 2.75) is 13.5 Å². The van der Waals surface area contributed by atoms with E-state index in [1.165, 1.54) is 11.5 Å². The lowest BCUT2D eigenvalue weighted by molar-refractivity contribution is -0.117. The third kappa shape index (κ3) is 1.89. The molecule has 0 aliphatic rings. The number of fused-ring (bicyclic) bond motifs is 1. The maximum Gasteiger partial charge on any atom is 0.308 e. The van der Waals surface area contributed by atoms with Gasteiger partial charge in [0.15, 0.2) is 0 Å². The molecule has 15 heavy (non-hydrogen) atoms. The van der Waals surface area contributed by atoms with Gasteiger partial charge in [-0.05, 0) is 35.0 Å². The Morgan fingerprint density at radius 2 is 2.27 bits per heavy atom. The minimum absolute atomic E-state index is 0.0208. The molecule has 0 aliphatic carbocycles. The molecule has 1 aromatic carbocycles. The van der Waals surface area contributed by atoms with E-state index in [2.05, 4.69) is 15.9 Å². The van der Waals surface area contributed by atoms with Gasteiger partial charge in [0.05, 0.1) is 16.8 Å². The first kappa shape index (κ1) is 10.6. The number of ketones is 1. The Labute approximate surface area is 98.5 Å². The Hall–Kier alpha value is -0.940. The fraction of sp³-hybridized carbons (Fsp3) is 0.200. The van der Waals surface area contributed by atoms with Crippen LogP contribution >= 0.6 is 27.3 Å². The van der Waals surface area contributed by atoms with Gasteiger partial charge in [-0.1, -0.05) is 17.4 Å². The maximum atomic E-state index is 11.6. The lowest BCUT2D eigenvalue weighted by Crippen LogP contribution is -2.17. The van der Waals surface area contributed by atoms with Crippen LogP contribution in [-0.2, 0) is 11.3 Å². The number of hydrogen-bond acceptors (Lipinski definition) is 3.